The van der Waals surface area contributed by atoms with E-state index in [1.165, 1.54) is 17.8 Å². The fraction of sp³-hybridized carbons (Fsp3) is 0.480. The summed E-state index contributed by atoms with van der Waals surface area (Å²) in [5.41, 5.74) is 1.95. The number of hydrogen-bond acceptors (Lipinski definition) is 8. The number of nitrogens with zero attached hydrogens (tertiary/aromatic N) is 3. The third-order valence-electron chi connectivity index (χ3n) is 7.36. The molecule has 9 nitrogen and oxygen atoms in total. The topological polar surface area (TPSA) is 107 Å². The van der Waals surface area contributed by atoms with Gasteiger partial charge in [0.2, 0.25) is 5.91 Å². The molecule has 4 aliphatic rings. The second kappa shape index (κ2) is 9.62. The Hall–Kier alpha value is -2.73. The molecule has 0 radical (unpaired) electrons. The van der Waals surface area contributed by atoms with Crippen molar-refractivity contribution in [3.8, 4) is 5.75 Å². The molecular weight excluding hydrogens is 485 g/mol. The zero-order chi connectivity index (χ0) is 24.8. The number of β-amino-alcohol motifs (C(OH)–C–C–N with tert-alkyl or cyclic N) is 1. The third kappa shape index (κ3) is 4.45. The predicted octanol–water partition coefficient (Wildman–Crippen LogP) is 1.56. The highest BCUT2D eigenvalue weighted by Gasteiger charge is 2.39. The van der Waals surface area contributed by atoms with Crippen LogP contribution in [0.25, 0.3) is 0 Å². The van der Waals surface area contributed by atoms with Crippen LogP contribution in [0.5, 0.6) is 5.75 Å². The number of carbonyl (C=O) groups excluding carboxylic acids is 2. The van der Waals surface area contributed by atoms with E-state index in [2.05, 4.69) is 20.5 Å². The maximum Gasteiger partial charge on any atom is 0.265 e. The Balaban J connectivity index is 1.07. The minimum atomic E-state index is -0.482. The molecule has 3 N–H and O–H groups in total. The number of fused-ring (bicyclic) bond motifs is 1. The molecule has 36 heavy (non-hydrogen) atoms. The lowest BCUT2D eigenvalue weighted by Gasteiger charge is -2.39. The van der Waals surface area contributed by atoms with E-state index in [-0.39, 0.29) is 36.1 Å². The van der Waals surface area contributed by atoms with Crippen LogP contribution < -0.4 is 20.3 Å². The Morgan fingerprint density at radius 1 is 1.25 bits per heavy atom. The predicted molar refractivity (Wildman–Crippen MR) is 133 cm³/mol. The lowest BCUT2D eigenvalue weighted by atomic mass is 9.88. The van der Waals surface area contributed by atoms with Gasteiger partial charge in [-0.15, -0.1) is 11.8 Å². The highest BCUT2D eigenvalue weighted by Crippen LogP contribution is 2.45. The summed E-state index contributed by atoms with van der Waals surface area (Å²) in [6.45, 7) is 3.53. The normalized spacial score (nSPS) is 25.3. The summed E-state index contributed by atoms with van der Waals surface area (Å²) in [5.74, 6) is 1.06. The molecule has 0 bridgehead atoms. The van der Waals surface area contributed by atoms with Crippen molar-refractivity contribution in [2.75, 3.05) is 55.3 Å². The number of aliphatic hydroxyl groups excluding tert-OH is 1. The molecule has 6 rings (SSSR count). The molecule has 0 saturated carbocycles. The van der Waals surface area contributed by atoms with Crippen LogP contribution in [0.1, 0.15) is 23.6 Å². The molecule has 11 heteroatoms. The van der Waals surface area contributed by atoms with Gasteiger partial charge in [0, 0.05) is 56.7 Å². The van der Waals surface area contributed by atoms with Gasteiger partial charge in [-0.05, 0) is 30.7 Å². The van der Waals surface area contributed by atoms with Crippen molar-refractivity contribution in [1.82, 2.24) is 15.2 Å². The van der Waals surface area contributed by atoms with E-state index in [1.54, 1.807) is 11.0 Å². The summed E-state index contributed by atoms with van der Waals surface area (Å²) >= 11 is 1.48. The number of rotatable bonds is 6. The van der Waals surface area contributed by atoms with Crippen molar-refractivity contribution in [2.24, 2.45) is 5.92 Å². The summed E-state index contributed by atoms with van der Waals surface area (Å²) in [5, 5.41) is 16.9. The molecule has 5 heterocycles. The maximum absolute atomic E-state index is 14.9. The number of ether oxygens (including phenoxy) is 1. The van der Waals surface area contributed by atoms with Gasteiger partial charge >= 0.3 is 0 Å². The second-order valence-electron chi connectivity index (χ2n) is 9.79. The number of thioether (sulfide) groups is 1. The number of carbonyl (C=O) groups is 2. The van der Waals surface area contributed by atoms with Gasteiger partial charge in [0.1, 0.15) is 17.4 Å². The lowest BCUT2D eigenvalue weighted by Crippen LogP contribution is -2.44. The Bertz CT molecular complexity index is 1210. The van der Waals surface area contributed by atoms with Crippen LogP contribution in [-0.2, 0) is 16.1 Å². The first-order valence-corrected chi connectivity index (χ1v) is 13.2. The number of amides is 2. The maximum atomic E-state index is 14.9. The van der Waals surface area contributed by atoms with Crippen molar-refractivity contribution in [3.05, 3.63) is 41.3 Å². The second-order valence-corrected chi connectivity index (χ2v) is 10.8. The number of nitrogens with one attached hydrogen (secondary N) is 2. The molecule has 1 fully saturated rings. The van der Waals surface area contributed by atoms with Gasteiger partial charge in [-0.1, -0.05) is 0 Å². The Morgan fingerprint density at radius 3 is 3.03 bits per heavy atom. The Labute approximate surface area is 212 Å². The van der Waals surface area contributed by atoms with Crippen molar-refractivity contribution < 1.29 is 23.8 Å². The molecule has 2 amide bonds. The smallest absolute Gasteiger partial charge is 0.265 e. The monoisotopic (exact) mass is 513 g/mol. The first-order chi connectivity index (χ1) is 17.5. The number of pyridine rings is 1. The number of benzene rings is 1. The molecule has 1 unspecified atom stereocenters. The number of likely N-dealkylation sites (tertiary alicyclic amines) is 1. The summed E-state index contributed by atoms with van der Waals surface area (Å²) in [4.78, 5) is 33.3. The molecule has 0 aliphatic carbocycles. The van der Waals surface area contributed by atoms with Crippen LogP contribution in [0.4, 0.5) is 15.9 Å². The van der Waals surface area contributed by atoms with E-state index in [0.29, 0.717) is 74.3 Å². The largest absolute Gasteiger partial charge is 0.482 e. The van der Waals surface area contributed by atoms with Gasteiger partial charge in [-0.2, -0.15) is 0 Å². The van der Waals surface area contributed by atoms with Crippen molar-refractivity contribution in [1.29, 1.82) is 0 Å². The molecule has 1 aromatic carbocycles. The Kier molecular flexibility index (Phi) is 6.32. The third-order valence-corrected chi connectivity index (χ3v) is 8.41. The summed E-state index contributed by atoms with van der Waals surface area (Å²) in [6, 6.07) is 6.94. The quantitative estimate of drug-likeness (QED) is 0.535. The van der Waals surface area contributed by atoms with Crippen LogP contribution in [0.2, 0.25) is 0 Å². The van der Waals surface area contributed by atoms with Crippen LogP contribution in [0.3, 0.4) is 0 Å². The first-order valence-electron chi connectivity index (χ1n) is 12.3. The van der Waals surface area contributed by atoms with Gasteiger partial charge in [0.25, 0.3) is 5.91 Å². The molecule has 0 spiro atoms. The van der Waals surface area contributed by atoms with E-state index in [1.807, 2.05) is 12.1 Å². The number of halogens is 1. The zero-order valence-corrected chi connectivity index (χ0v) is 20.5. The zero-order valence-electron chi connectivity index (χ0n) is 19.7. The van der Waals surface area contributed by atoms with Crippen molar-refractivity contribution >= 4 is 35.1 Å². The Morgan fingerprint density at radius 2 is 2.14 bits per heavy atom. The van der Waals surface area contributed by atoms with E-state index in [4.69, 9.17) is 4.74 Å². The standard InChI is InChI=1S/C25H28FN5O4S/c26-17-2-3-19-24-23(17)14(5-6-31(24)22(34)12-35-19)9-30-10-15(18(32)11-30)7-27-8-16-1-4-20-25(28-16)29-21(33)13-36-20/h1-4,14-15,18,27,32H,5-13H2,(H,28,29,33)/t14?,15-,18+/m0/s1. The van der Waals surface area contributed by atoms with Crippen LogP contribution >= 0.6 is 11.8 Å². The highest BCUT2D eigenvalue weighted by atomic mass is 32.2. The van der Waals surface area contributed by atoms with Gasteiger partial charge < -0.3 is 25.4 Å². The highest BCUT2D eigenvalue weighted by molar-refractivity contribution is 8.00. The van der Waals surface area contributed by atoms with E-state index >= 15 is 0 Å². The van der Waals surface area contributed by atoms with Gasteiger partial charge in [-0.3, -0.25) is 14.5 Å². The fourth-order valence-electron chi connectivity index (χ4n) is 5.63. The summed E-state index contributed by atoms with van der Waals surface area (Å²) in [6.07, 6.45) is 0.192. The fourth-order valence-corrected chi connectivity index (χ4v) is 6.38. The van der Waals surface area contributed by atoms with E-state index in [9.17, 15) is 19.1 Å². The molecule has 3 atom stereocenters. The van der Waals surface area contributed by atoms with Crippen LogP contribution in [0.15, 0.2) is 29.2 Å². The van der Waals surface area contributed by atoms with E-state index < -0.39 is 6.10 Å². The SMILES string of the molecule is O=C1CSc2ccc(CNC[C@H]3CN(CC4CCN5C(=O)COc6ccc(F)c4c65)C[C@H]3O)nc2N1. The van der Waals surface area contributed by atoms with Crippen LogP contribution in [-0.4, -0.2) is 78.0 Å². The summed E-state index contributed by atoms with van der Waals surface area (Å²) in [7, 11) is 0. The van der Waals surface area contributed by atoms with Gasteiger partial charge in [0.15, 0.2) is 6.61 Å². The van der Waals surface area contributed by atoms with Crippen molar-refractivity contribution in [3.63, 3.8) is 0 Å². The van der Waals surface area contributed by atoms with Gasteiger partial charge in [-0.25, -0.2) is 9.37 Å². The van der Waals surface area contributed by atoms with E-state index in [0.717, 1.165) is 10.6 Å². The average Bonchev–Trinajstić information content (AvgIpc) is 3.21. The molecule has 1 saturated heterocycles. The summed E-state index contributed by atoms with van der Waals surface area (Å²) < 4.78 is 20.5. The number of aliphatic hydroxyl groups is 1. The molecule has 4 aliphatic heterocycles. The molecule has 190 valence electrons. The number of anilines is 2. The van der Waals surface area contributed by atoms with Gasteiger partial charge in [0.05, 0.1) is 28.1 Å². The van der Waals surface area contributed by atoms with Crippen LogP contribution in [0, 0.1) is 11.7 Å². The lowest BCUT2D eigenvalue weighted by molar-refractivity contribution is -0.121. The minimum Gasteiger partial charge on any atom is -0.482 e. The first kappa shape index (κ1) is 23.7. The number of hydrogen-bond donors (Lipinski definition) is 3. The molecule has 1 aromatic heterocycles. The number of aromatic nitrogens is 1. The molecule has 2 aromatic rings. The average molecular weight is 514 g/mol. The molecular formula is C25H28FN5O4S. The van der Waals surface area contributed by atoms with Crippen molar-refractivity contribution in [2.45, 2.75) is 29.9 Å². The minimum absolute atomic E-state index is 0.00961.